The molecule has 1 unspecified atom stereocenters. The van der Waals surface area contributed by atoms with Gasteiger partial charge in [-0.2, -0.15) is 0 Å². The van der Waals surface area contributed by atoms with Crippen LogP contribution in [0.25, 0.3) is 10.8 Å². The summed E-state index contributed by atoms with van der Waals surface area (Å²) in [4.78, 5) is 16.1. The highest BCUT2D eigenvalue weighted by molar-refractivity contribution is 7.84. The first kappa shape index (κ1) is 14.9. The first-order chi connectivity index (χ1) is 9.58. The third-order valence-corrected chi connectivity index (χ3v) is 3.97. The lowest BCUT2D eigenvalue weighted by Gasteiger charge is -2.06. The van der Waals surface area contributed by atoms with Crippen molar-refractivity contribution in [3.8, 4) is 0 Å². The first-order valence-corrected chi connectivity index (χ1v) is 8.32. The molecule has 0 radical (unpaired) electrons. The van der Waals surface area contributed by atoms with E-state index in [4.69, 9.17) is 11.6 Å². The van der Waals surface area contributed by atoms with Crippen molar-refractivity contribution in [3.05, 3.63) is 41.2 Å². The predicted molar refractivity (Wildman–Crippen MR) is 82.6 cm³/mol. The van der Waals surface area contributed by atoms with Crippen LogP contribution in [0.5, 0.6) is 0 Å². The number of nitrogens with one attached hydrogen (secondary N) is 1. The second-order valence-electron chi connectivity index (χ2n) is 4.41. The summed E-state index contributed by atoms with van der Waals surface area (Å²) in [6.07, 6.45) is 2.32. The molecule has 1 amide bonds. The largest absolute Gasteiger partial charge is 0.351 e. The summed E-state index contributed by atoms with van der Waals surface area (Å²) in [5, 5.41) is 4.78. The predicted octanol–water partition coefficient (Wildman–Crippen LogP) is 2.39. The van der Waals surface area contributed by atoms with Gasteiger partial charge in [0.2, 0.25) is 0 Å². The van der Waals surface area contributed by atoms with E-state index in [-0.39, 0.29) is 5.91 Å². The van der Waals surface area contributed by atoms with Gasteiger partial charge in [0.1, 0.15) is 10.8 Å². The van der Waals surface area contributed by atoms with Crippen LogP contribution in [0, 0.1) is 0 Å². The first-order valence-electron chi connectivity index (χ1n) is 6.21. The number of carbonyl (C=O) groups excluding carboxylic acids is 1. The molecular weight excluding hydrogens is 296 g/mol. The van der Waals surface area contributed by atoms with Crippen molar-refractivity contribution >= 4 is 39.1 Å². The number of pyridine rings is 1. The number of benzene rings is 1. The lowest BCUT2D eigenvalue weighted by atomic mass is 10.1. The van der Waals surface area contributed by atoms with Crippen molar-refractivity contribution in [1.82, 2.24) is 10.3 Å². The Hall–Kier alpha value is -1.46. The summed E-state index contributed by atoms with van der Waals surface area (Å²) in [7, 11) is -0.835. The molecule has 2 rings (SSSR count). The molecule has 0 aliphatic heterocycles. The van der Waals surface area contributed by atoms with Crippen LogP contribution < -0.4 is 5.32 Å². The quantitative estimate of drug-likeness (QED) is 0.681. The minimum absolute atomic E-state index is 0.264. The molecule has 0 spiro atoms. The summed E-state index contributed by atoms with van der Waals surface area (Å²) in [5.41, 5.74) is 0.298. The Balaban J connectivity index is 2.08. The summed E-state index contributed by atoms with van der Waals surface area (Å²) in [6.45, 7) is 0.477. The third kappa shape index (κ3) is 3.77. The minimum atomic E-state index is -0.835. The van der Waals surface area contributed by atoms with Crippen molar-refractivity contribution in [3.63, 3.8) is 0 Å². The fourth-order valence-corrected chi connectivity index (χ4v) is 2.65. The zero-order valence-electron chi connectivity index (χ0n) is 11.1. The van der Waals surface area contributed by atoms with Gasteiger partial charge in [-0.25, -0.2) is 4.98 Å². The van der Waals surface area contributed by atoms with Gasteiger partial charge in [-0.05, 0) is 17.9 Å². The van der Waals surface area contributed by atoms with Crippen LogP contribution in [0.15, 0.2) is 30.3 Å². The highest BCUT2D eigenvalue weighted by atomic mass is 35.5. The SMILES string of the molecule is CS(=O)CCCNC(=O)c1cc2ccccc2c(Cl)n1. The molecule has 106 valence electrons. The number of aromatic nitrogens is 1. The second-order valence-corrected chi connectivity index (χ2v) is 6.32. The third-order valence-electron chi connectivity index (χ3n) is 2.82. The van der Waals surface area contributed by atoms with Crippen molar-refractivity contribution in [1.29, 1.82) is 0 Å². The molecule has 1 N–H and O–H groups in total. The van der Waals surface area contributed by atoms with Crippen LogP contribution in [-0.2, 0) is 10.8 Å². The van der Waals surface area contributed by atoms with Crippen LogP contribution in [0.4, 0.5) is 0 Å². The van der Waals surface area contributed by atoms with E-state index in [1.165, 1.54) is 0 Å². The van der Waals surface area contributed by atoms with Crippen molar-refractivity contribution in [2.75, 3.05) is 18.6 Å². The Morgan fingerprint density at radius 2 is 2.15 bits per heavy atom. The molecule has 0 saturated heterocycles. The molecule has 0 fully saturated rings. The molecule has 20 heavy (non-hydrogen) atoms. The Bertz CT molecular complexity index is 661. The molecule has 4 nitrogen and oxygen atoms in total. The number of rotatable bonds is 5. The Labute approximate surface area is 125 Å². The van der Waals surface area contributed by atoms with E-state index in [2.05, 4.69) is 10.3 Å². The van der Waals surface area contributed by atoms with Gasteiger partial charge in [-0.3, -0.25) is 9.00 Å². The molecule has 1 atom stereocenters. The van der Waals surface area contributed by atoms with Crippen LogP contribution in [0.1, 0.15) is 16.9 Å². The normalized spacial score (nSPS) is 12.3. The van der Waals surface area contributed by atoms with Crippen molar-refractivity contribution < 1.29 is 9.00 Å². The van der Waals surface area contributed by atoms with Gasteiger partial charge in [0.05, 0.1) is 0 Å². The Morgan fingerprint density at radius 1 is 1.40 bits per heavy atom. The molecule has 0 aliphatic rings. The summed E-state index contributed by atoms with van der Waals surface area (Å²) in [5.74, 6) is 0.311. The van der Waals surface area contributed by atoms with E-state index in [1.54, 1.807) is 12.3 Å². The molecule has 1 heterocycles. The van der Waals surface area contributed by atoms with Crippen LogP contribution in [-0.4, -0.2) is 33.7 Å². The minimum Gasteiger partial charge on any atom is -0.351 e. The molecule has 0 aliphatic carbocycles. The van der Waals surface area contributed by atoms with E-state index in [0.717, 1.165) is 10.8 Å². The molecule has 2 aromatic rings. The number of carbonyl (C=O) groups is 1. The van der Waals surface area contributed by atoms with Gasteiger partial charge in [0, 0.05) is 34.7 Å². The van der Waals surface area contributed by atoms with Gasteiger partial charge < -0.3 is 5.32 Å². The fourth-order valence-electron chi connectivity index (χ4n) is 1.84. The Kier molecular flexibility index (Phi) is 5.09. The second kappa shape index (κ2) is 6.81. The van der Waals surface area contributed by atoms with Crippen LogP contribution in [0.2, 0.25) is 5.15 Å². The number of amides is 1. The van der Waals surface area contributed by atoms with Crippen LogP contribution in [0.3, 0.4) is 0 Å². The smallest absolute Gasteiger partial charge is 0.269 e. The van der Waals surface area contributed by atoms with E-state index < -0.39 is 10.8 Å². The molecule has 6 heteroatoms. The number of hydrogen-bond donors (Lipinski definition) is 1. The zero-order chi connectivity index (χ0) is 14.5. The fraction of sp³-hybridized carbons (Fsp3) is 0.286. The van der Waals surface area contributed by atoms with Gasteiger partial charge in [-0.15, -0.1) is 0 Å². The summed E-state index contributed by atoms with van der Waals surface area (Å²) < 4.78 is 10.9. The standard InChI is InChI=1S/C14H15ClN2O2S/c1-20(19)8-4-7-16-14(18)12-9-10-5-2-3-6-11(10)13(15)17-12/h2-3,5-6,9H,4,7-8H2,1H3,(H,16,18). The van der Waals surface area contributed by atoms with Gasteiger partial charge in [0.15, 0.2) is 0 Å². The van der Waals surface area contributed by atoms with E-state index in [1.807, 2.05) is 24.3 Å². The van der Waals surface area contributed by atoms with Gasteiger partial charge in [0.25, 0.3) is 5.91 Å². The molecular formula is C14H15ClN2O2S. The highest BCUT2D eigenvalue weighted by Crippen LogP contribution is 2.22. The van der Waals surface area contributed by atoms with Gasteiger partial charge in [-0.1, -0.05) is 35.9 Å². The van der Waals surface area contributed by atoms with Crippen molar-refractivity contribution in [2.45, 2.75) is 6.42 Å². The van der Waals surface area contributed by atoms with E-state index in [9.17, 15) is 9.00 Å². The van der Waals surface area contributed by atoms with E-state index in [0.29, 0.717) is 29.6 Å². The van der Waals surface area contributed by atoms with E-state index >= 15 is 0 Å². The lowest BCUT2D eigenvalue weighted by molar-refractivity contribution is 0.0949. The number of fused-ring (bicyclic) bond motifs is 1. The molecule has 0 saturated carbocycles. The topological polar surface area (TPSA) is 59.1 Å². The zero-order valence-corrected chi connectivity index (χ0v) is 12.6. The number of nitrogens with zero attached hydrogens (tertiary/aromatic N) is 1. The molecule has 0 bridgehead atoms. The molecule has 1 aromatic carbocycles. The van der Waals surface area contributed by atoms with Crippen molar-refractivity contribution in [2.24, 2.45) is 0 Å². The average Bonchev–Trinajstić information content (AvgIpc) is 2.43. The van der Waals surface area contributed by atoms with Gasteiger partial charge >= 0.3 is 0 Å². The lowest BCUT2D eigenvalue weighted by Crippen LogP contribution is -2.26. The highest BCUT2D eigenvalue weighted by Gasteiger charge is 2.10. The maximum atomic E-state index is 12.0. The summed E-state index contributed by atoms with van der Waals surface area (Å²) in [6, 6.07) is 9.23. The summed E-state index contributed by atoms with van der Waals surface area (Å²) >= 11 is 6.08. The monoisotopic (exact) mass is 310 g/mol. The average molecular weight is 311 g/mol. The molecule has 1 aromatic heterocycles. The maximum Gasteiger partial charge on any atom is 0.269 e. The Morgan fingerprint density at radius 3 is 2.90 bits per heavy atom. The number of hydrogen-bond acceptors (Lipinski definition) is 3. The van der Waals surface area contributed by atoms with Crippen LogP contribution >= 0.6 is 11.6 Å². The maximum absolute atomic E-state index is 12.0. The number of halogens is 1.